The quantitative estimate of drug-likeness (QED) is 0.705. The van der Waals surface area contributed by atoms with Gasteiger partial charge in [0.1, 0.15) is 0 Å². The zero-order valence-electron chi connectivity index (χ0n) is 11.6. The van der Waals surface area contributed by atoms with Crippen molar-refractivity contribution in [3.05, 3.63) is 75.4 Å². The molecule has 0 saturated heterocycles. The summed E-state index contributed by atoms with van der Waals surface area (Å²) in [6.45, 7) is 1.48. The van der Waals surface area contributed by atoms with Crippen LogP contribution in [0.3, 0.4) is 0 Å². The van der Waals surface area contributed by atoms with E-state index in [1.165, 1.54) is 11.1 Å². The molecule has 2 aromatic carbocycles. The van der Waals surface area contributed by atoms with Crippen LogP contribution in [0, 0.1) is 3.57 Å². The lowest BCUT2D eigenvalue weighted by atomic mass is 10.0. The number of amides is 1. The normalized spacial score (nSPS) is 14.7. The van der Waals surface area contributed by atoms with Gasteiger partial charge in [-0.3, -0.25) is 4.79 Å². The minimum Gasteiger partial charge on any atom is -0.334 e. The van der Waals surface area contributed by atoms with Gasteiger partial charge in [-0.2, -0.15) is 0 Å². The minimum atomic E-state index is 0.118. The average Bonchev–Trinajstić information content (AvgIpc) is 2.56. The summed E-state index contributed by atoms with van der Waals surface area (Å²) in [6.07, 6.45) is 3.16. The van der Waals surface area contributed by atoms with E-state index in [9.17, 15) is 4.79 Å². The molecule has 0 saturated carbocycles. The van der Waals surface area contributed by atoms with Crippen LogP contribution < -0.4 is 0 Å². The Bertz CT molecular complexity index is 661. The number of benzene rings is 2. The first-order chi connectivity index (χ1) is 10.2. The molecule has 1 aliphatic rings. The van der Waals surface area contributed by atoms with Gasteiger partial charge in [0, 0.05) is 22.2 Å². The second kappa shape index (κ2) is 6.43. The number of halogens is 1. The summed E-state index contributed by atoms with van der Waals surface area (Å²) >= 11 is 2.25. The maximum atomic E-state index is 12.6. The fourth-order valence-electron chi connectivity index (χ4n) is 2.55. The van der Waals surface area contributed by atoms with Crippen molar-refractivity contribution in [1.82, 2.24) is 4.90 Å². The van der Waals surface area contributed by atoms with Crippen molar-refractivity contribution >= 4 is 34.1 Å². The molecule has 0 aliphatic carbocycles. The predicted molar refractivity (Wildman–Crippen MR) is 94.1 cm³/mol. The van der Waals surface area contributed by atoms with Gasteiger partial charge in [-0.1, -0.05) is 36.4 Å². The van der Waals surface area contributed by atoms with Crippen molar-refractivity contribution in [3.63, 3.8) is 0 Å². The highest BCUT2D eigenvalue weighted by molar-refractivity contribution is 14.1. The average molecular weight is 389 g/mol. The van der Waals surface area contributed by atoms with E-state index in [2.05, 4.69) is 40.8 Å². The fourth-order valence-corrected chi connectivity index (χ4v) is 2.91. The van der Waals surface area contributed by atoms with Gasteiger partial charge >= 0.3 is 0 Å². The van der Waals surface area contributed by atoms with E-state index < -0.39 is 0 Å². The number of hydrogen-bond acceptors (Lipinski definition) is 1. The molecular weight excluding hydrogens is 373 g/mol. The summed E-state index contributed by atoms with van der Waals surface area (Å²) in [7, 11) is 0. The molecule has 0 N–H and O–H groups in total. The predicted octanol–water partition coefficient (Wildman–Crippen LogP) is 4.22. The largest absolute Gasteiger partial charge is 0.334 e. The van der Waals surface area contributed by atoms with Gasteiger partial charge in [-0.25, -0.2) is 0 Å². The molecule has 1 heterocycles. The standard InChI is InChI=1S/C18H16INO/c19-17-10-8-15(9-11-17)18(21)20-12-4-7-16(13-20)14-5-2-1-3-6-14/h1-3,5-11H,4,12-13H2. The summed E-state index contributed by atoms with van der Waals surface area (Å²) in [6, 6.07) is 18.1. The molecule has 0 bridgehead atoms. The van der Waals surface area contributed by atoms with Gasteiger partial charge in [0.25, 0.3) is 5.91 Å². The first-order valence-electron chi connectivity index (χ1n) is 7.03. The summed E-state index contributed by atoms with van der Waals surface area (Å²) in [5.41, 5.74) is 3.21. The third kappa shape index (κ3) is 3.35. The Morgan fingerprint density at radius 3 is 2.43 bits per heavy atom. The Balaban J connectivity index is 1.77. The van der Waals surface area contributed by atoms with Gasteiger partial charge < -0.3 is 4.90 Å². The maximum absolute atomic E-state index is 12.6. The number of carbonyl (C=O) groups excluding carboxylic acids is 1. The SMILES string of the molecule is O=C(c1ccc(I)cc1)N1CCC=C(c2ccccc2)C1. The summed E-state index contributed by atoms with van der Waals surface area (Å²) in [5.74, 6) is 0.118. The van der Waals surface area contributed by atoms with Crippen LogP contribution in [-0.4, -0.2) is 23.9 Å². The Labute approximate surface area is 138 Å². The molecule has 0 atom stereocenters. The van der Waals surface area contributed by atoms with E-state index in [1.54, 1.807) is 0 Å². The van der Waals surface area contributed by atoms with E-state index in [-0.39, 0.29) is 5.91 Å². The second-order valence-electron chi connectivity index (χ2n) is 5.12. The Morgan fingerprint density at radius 2 is 1.71 bits per heavy atom. The highest BCUT2D eigenvalue weighted by Gasteiger charge is 2.20. The maximum Gasteiger partial charge on any atom is 0.254 e. The zero-order valence-corrected chi connectivity index (χ0v) is 13.8. The first-order valence-corrected chi connectivity index (χ1v) is 8.11. The van der Waals surface area contributed by atoms with Crippen LogP contribution >= 0.6 is 22.6 Å². The smallest absolute Gasteiger partial charge is 0.254 e. The number of hydrogen-bond donors (Lipinski definition) is 0. The summed E-state index contributed by atoms with van der Waals surface area (Å²) < 4.78 is 1.15. The van der Waals surface area contributed by atoms with E-state index >= 15 is 0 Å². The number of nitrogens with zero attached hydrogens (tertiary/aromatic N) is 1. The summed E-state index contributed by atoms with van der Waals surface area (Å²) in [5, 5.41) is 0. The molecule has 0 unspecified atom stereocenters. The van der Waals surface area contributed by atoms with E-state index in [1.807, 2.05) is 47.4 Å². The van der Waals surface area contributed by atoms with Gasteiger partial charge in [0.2, 0.25) is 0 Å². The topological polar surface area (TPSA) is 20.3 Å². The van der Waals surface area contributed by atoms with Gasteiger partial charge in [-0.15, -0.1) is 0 Å². The van der Waals surface area contributed by atoms with Crippen LogP contribution in [0.15, 0.2) is 60.7 Å². The molecule has 3 rings (SSSR count). The number of carbonyl (C=O) groups is 1. The van der Waals surface area contributed by atoms with Crippen LogP contribution in [0.25, 0.3) is 5.57 Å². The molecule has 2 aromatic rings. The molecule has 0 aromatic heterocycles. The van der Waals surface area contributed by atoms with Crippen molar-refractivity contribution in [2.24, 2.45) is 0 Å². The second-order valence-corrected chi connectivity index (χ2v) is 6.36. The lowest BCUT2D eigenvalue weighted by Crippen LogP contribution is -2.35. The fraction of sp³-hybridized carbons (Fsp3) is 0.167. The molecule has 1 amide bonds. The Kier molecular flexibility index (Phi) is 4.39. The monoisotopic (exact) mass is 389 g/mol. The van der Waals surface area contributed by atoms with Crippen LogP contribution in [0.1, 0.15) is 22.3 Å². The van der Waals surface area contributed by atoms with Crippen LogP contribution in [-0.2, 0) is 0 Å². The molecule has 106 valence electrons. The molecule has 2 nitrogen and oxygen atoms in total. The lowest BCUT2D eigenvalue weighted by molar-refractivity contribution is 0.0775. The van der Waals surface area contributed by atoms with E-state index in [4.69, 9.17) is 0 Å². The van der Waals surface area contributed by atoms with Gasteiger partial charge in [0.15, 0.2) is 0 Å². The molecule has 0 radical (unpaired) electrons. The Morgan fingerprint density at radius 1 is 1.00 bits per heavy atom. The van der Waals surface area contributed by atoms with Crippen molar-refractivity contribution < 1.29 is 4.79 Å². The molecular formula is C18H16INO. The number of rotatable bonds is 2. The van der Waals surface area contributed by atoms with Crippen molar-refractivity contribution in [2.45, 2.75) is 6.42 Å². The van der Waals surface area contributed by atoms with Crippen LogP contribution in [0.4, 0.5) is 0 Å². The van der Waals surface area contributed by atoms with Gasteiger partial charge in [0.05, 0.1) is 0 Å². The minimum absolute atomic E-state index is 0.118. The third-order valence-electron chi connectivity index (χ3n) is 3.67. The molecule has 0 spiro atoms. The molecule has 21 heavy (non-hydrogen) atoms. The van der Waals surface area contributed by atoms with Crippen molar-refractivity contribution in [3.8, 4) is 0 Å². The lowest BCUT2D eigenvalue weighted by Gasteiger charge is -2.27. The highest BCUT2D eigenvalue weighted by Crippen LogP contribution is 2.22. The van der Waals surface area contributed by atoms with E-state index in [0.29, 0.717) is 6.54 Å². The molecule has 0 fully saturated rings. The highest BCUT2D eigenvalue weighted by atomic mass is 127. The van der Waals surface area contributed by atoms with Crippen molar-refractivity contribution in [1.29, 1.82) is 0 Å². The zero-order chi connectivity index (χ0) is 14.7. The van der Waals surface area contributed by atoms with Crippen molar-refractivity contribution in [2.75, 3.05) is 13.1 Å². The third-order valence-corrected chi connectivity index (χ3v) is 4.39. The van der Waals surface area contributed by atoms with Gasteiger partial charge in [-0.05, 0) is 64.4 Å². The molecule has 1 aliphatic heterocycles. The first kappa shape index (κ1) is 14.3. The summed E-state index contributed by atoms with van der Waals surface area (Å²) in [4.78, 5) is 14.5. The molecule has 3 heteroatoms. The Hall–Kier alpha value is -1.62. The van der Waals surface area contributed by atoms with Crippen LogP contribution in [0.5, 0.6) is 0 Å². The van der Waals surface area contributed by atoms with Crippen LogP contribution in [0.2, 0.25) is 0 Å². The van der Waals surface area contributed by atoms with E-state index in [0.717, 1.165) is 22.1 Å².